The molecule has 2 rings (SSSR count). The number of rotatable bonds is 6. The third-order valence-corrected chi connectivity index (χ3v) is 3.30. The highest BCUT2D eigenvalue weighted by Gasteiger charge is 2.13. The van der Waals surface area contributed by atoms with Crippen molar-refractivity contribution in [2.75, 3.05) is 13.7 Å². The zero-order chi connectivity index (χ0) is 15.9. The molecule has 0 fully saturated rings. The van der Waals surface area contributed by atoms with Crippen molar-refractivity contribution in [1.29, 1.82) is 0 Å². The molecule has 0 spiro atoms. The predicted octanol–water partition coefficient (Wildman–Crippen LogP) is 2.77. The summed E-state index contributed by atoms with van der Waals surface area (Å²) in [5.74, 6) is 0.209. The summed E-state index contributed by atoms with van der Waals surface area (Å²) in [7, 11) is 1.37. The van der Waals surface area contributed by atoms with E-state index in [1.807, 2.05) is 25.3 Å². The first-order valence-corrected chi connectivity index (χ1v) is 7.27. The number of hydrogen-bond donors (Lipinski definition) is 2. The van der Waals surface area contributed by atoms with E-state index < -0.39 is 6.09 Å². The molecule has 2 aromatic rings. The maximum absolute atomic E-state index is 11.7. The van der Waals surface area contributed by atoms with E-state index in [9.17, 15) is 9.59 Å². The van der Waals surface area contributed by atoms with Gasteiger partial charge in [0.1, 0.15) is 5.75 Å². The SMILES string of the molecule is CCCNC(=O)Oc1cccc2[nH]cc(CCC(=O)OC)c12. The predicted molar refractivity (Wildman–Crippen MR) is 83.0 cm³/mol. The van der Waals surface area contributed by atoms with Crippen molar-refractivity contribution in [3.8, 4) is 5.75 Å². The Balaban J connectivity index is 2.20. The summed E-state index contributed by atoms with van der Waals surface area (Å²) in [6.07, 6.45) is 2.98. The topological polar surface area (TPSA) is 80.4 Å². The Hall–Kier alpha value is -2.50. The lowest BCUT2D eigenvalue weighted by atomic mass is 10.1. The number of aromatic nitrogens is 1. The summed E-state index contributed by atoms with van der Waals surface area (Å²) in [5.41, 5.74) is 1.78. The number of esters is 1. The van der Waals surface area contributed by atoms with Crippen molar-refractivity contribution >= 4 is 23.0 Å². The van der Waals surface area contributed by atoms with Gasteiger partial charge in [-0.3, -0.25) is 4.79 Å². The van der Waals surface area contributed by atoms with Gasteiger partial charge in [-0.05, 0) is 30.5 Å². The van der Waals surface area contributed by atoms with Crippen LogP contribution in [-0.4, -0.2) is 30.7 Å². The molecule has 6 heteroatoms. The minimum atomic E-state index is -0.477. The number of fused-ring (bicyclic) bond motifs is 1. The molecule has 2 N–H and O–H groups in total. The zero-order valence-corrected chi connectivity index (χ0v) is 12.8. The first-order valence-electron chi connectivity index (χ1n) is 7.27. The van der Waals surface area contributed by atoms with Crippen LogP contribution in [0.5, 0.6) is 5.75 Å². The van der Waals surface area contributed by atoms with Gasteiger partial charge in [-0.1, -0.05) is 13.0 Å². The molecule has 1 aromatic carbocycles. The second-order valence-corrected chi connectivity index (χ2v) is 4.89. The molecule has 6 nitrogen and oxygen atoms in total. The summed E-state index contributed by atoms with van der Waals surface area (Å²) in [6.45, 7) is 2.54. The van der Waals surface area contributed by atoms with Crippen LogP contribution in [0.2, 0.25) is 0 Å². The van der Waals surface area contributed by atoms with Gasteiger partial charge in [0, 0.05) is 30.1 Å². The molecule has 0 saturated heterocycles. The third kappa shape index (κ3) is 3.78. The number of nitrogens with one attached hydrogen (secondary N) is 2. The lowest BCUT2D eigenvalue weighted by Crippen LogP contribution is -2.27. The van der Waals surface area contributed by atoms with Gasteiger partial charge in [0.2, 0.25) is 0 Å². The van der Waals surface area contributed by atoms with Crippen LogP contribution in [0.15, 0.2) is 24.4 Å². The normalized spacial score (nSPS) is 10.5. The average Bonchev–Trinajstić information content (AvgIpc) is 2.94. The molecule has 22 heavy (non-hydrogen) atoms. The Bertz CT molecular complexity index is 663. The molecule has 0 radical (unpaired) electrons. The molecular formula is C16H20N2O4. The molecule has 1 heterocycles. The van der Waals surface area contributed by atoms with Crippen molar-refractivity contribution in [3.05, 3.63) is 30.0 Å². The van der Waals surface area contributed by atoms with Crippen LogP contribution < -0.4 is 10.1 Å². The third-order valence-electron chi connectivity index (χ3n) is 3.30. The monoisotopic (exact) mass is 304 g/mol. The molecule has 1 aromatic heterocycles. The number of amides is 1. The quantitative estimate of drug-likeness (QED) is 0.804. The Morgan fingerprint density at radius 3 is 2.86 bits per heavy atom. The first-order chi connectivity index (χ1) is 10.7. The van der Waals surface area contributed by atoms with Crippen LogP contribution in [0, 0.1) is 0 Å². The van der Waals surface area contributed by atoms with Gasteiger partial charge < -0.3 is 19.8 Å². The van der Waals surface area contributed by atoms with Gasteiger partial charge in [0.15, 0.2) is 0 Å². The number of aromatic amines is 1. The number of ether oxygens (including phenoxy) is 2. The van der Waals surface area contributed by atoms with Crippen molar-refractivity contribution in [2.24, 2.45) is 0 Å². The highest BCUT2D eigenvalue weighted by molar-refractivity contribution is 5.91. The molecule has 1 amide bonds. The maximum Gasteiger partial charge on any atom is 0.412 e. The lowest BCUT2D eigenvalue weighted by molar-refractivity contribution is -0.140. The van der Waals surface area contributed by atoms with Crippen molar-refractivity contribution < 1.29 is 19.1 Å². The minimum Gasteiger partial charge on any atom is -0.469 e. The van der Waals surface area contributed by atoms with E-state index in [2.05, 4.69) is 15.0 Å². The summed E-state index contributed by atoms with van der Waals surface area (Å²) in [6, 6.07) is 5.45. The summed E-state index contributed by atoms with van der Waals surface area (Å²) >= 11 is 0. The van der Waals surface area contributed by atoms with Gasteiger partial charge in [0.05, 0.1) is 7.11 Å². The van der Waals surface area contributed by atoms with Crippen LogP contribution in [0.3, 0.4) is 0 Å². The van der Waals surface area contributed by atoms with Crippen LogP contribution >= 0.6 is 0 Å². The molecule has 0 atom stereocenters. The van der Waals surface area contributed by atoms with Gasteiger partial charge in [0.25, 0.3) is 0 Å². The molecular weight excluding hydrogens is 284 g/mol. The number of benzene rings is 1. The van der Waals surface area contributed by atoms with Crippen LogP contribution in [-0.2, 0) is 16.0 Å². The second-order valence-electron chi connectivity index (χ2n) is 4.89. The average molecular weight is 304 g/mol. The fraction of sp³-hybridized carbons (Fsp3) is 0.375. The molecule has 0 aliphatic carbocycles. The molecule has 0 aliphatic rings. The van der Waals surface area contributed by atoms with Gasteiger partial charge >= 0.3 is 12.1 Å². The van der Waals surface area contributed by atoms with E-state index >= 15 is 0 Å². The van der Waals surface area contributed by atoms with Crippen LogP contribution in [0.1, 0.15) is 25.3 Å². The smallest absolute Gasteiger partial charge is 0.412 e. The van der Waals surface area contributed by atoms with Gasteiger partial charge in [-0.2, -0.15) is 0 Å². The van der Waals surface area contributed by atoms with Gasteiger partial charge in [-0.15, -0.1) is 0 Å². The largest absolute Gasteiger partial charge is 0.469 e. The van der Waals surface area contributed by atoms with E-state index in [0.717, 1.165) is 22.9 Å². The second kappa shape index (κ2) is 7.49. The number of carbonyl (C=O) groups is 2. The highest BCUT2D eigenvalue weighted by Crippen LogP contribution is 2.29. The van der Waals surface area contributed by atoms with Crippen LogP contribution in [0.25, 0.3) is 10.9 Å². The minimum absolute atomic E-state index is 0.270. The fourth-order valence-electron chi connectivity index (χ4n) is 2.20. The summed E-state index contributed by atoms with van der Waals surface area (Å²) in [4.78, 5) is 26.2. The Morgan fingerprint density at radius 1 is 1.32 bits per heavy atom. The fourth-order valence-corrected chi connectivity index (χ4v) is 2.20. The van der Waals surface area contributed by atoms with E-state index in [1.54, 1.807) is 6.07 Å². The highest BCUT2D eigenvalue weighted by atomic mass is 16.6. The number of methoxy groups -OCH3 is 1. The number of hydrogen-bond acceptors (Lipinski definition) is 4. The van der Waals surface area contributed by atoms with E-state index in [-0.39, 0.29) is 12.4 Å². The van der Waals surface area contributed by atoms with E-state index in [4.69, 9.17) is 4.74 Å². The Kier molecular flexibility index (Phi) is 5.41. The molecule has 0 bridgehead atoms. The molecule has 0 saturated carbocycles. The summed E-state index contributed by atoms with van der Waals surface area (Å²) in [5, 5.41) is 3.49. The molecule has 0 aliphatic heterocycles. The first kappa shape index (κ1) is 15.9. The van der Waals surface area contributed by atoms with Crippen molar-refractivity contribution in [2.45, 2.75) is 26.2 Å². The zero-order valence-electron chi connectivity index (χ0n) is 12.8. The summed E-state index contributed by atoms with van der Waals surface area (Å²) < 4.78 is 10.0. The Labute approximate surface area is 128 Å². The maximum atomic E-state index is 11.7. The number of carbonyl (C=O) groups excluding carboxylic acids is 2. The van der Waals surface area contributed by atoms with E-state index in [1.165, 1.54) is 7.11 Å². The van der Waals surface area contributed by atoms with Gasteiger partial charge in [-0.25, -0.2) is 4.79 Å². The van der Waals surface area contributed by atoms with E-state index in [0.29, 0.717) is 18.7 Å². The van der Waals surface area contributed by atoms with Crippen LogP contribution in [0.4, 0.5) is 4.79 Å². The van der Waals surface area contributed by atoms with Crippen molar-refractivity contribution in [1.82, 2.24) is 10.3 Å². The number of H-pyrrole nitrogens is 1. The molecule has 118 valence electrons. The standard InChI is InChI=1S/C16H20N2O4/c1-3-9-17-16(20)22-13-6-4-5-12-15(13)11(10-18-12)7-8-14(19)21-2/h4-6,10,18H,3,7-9H2,1-2H3,(H,17,20). The number of aryl methyl sites for hydroxylation is 1. The molecule has 0 unspecified atom stereocenters. The van der Waals surface area contributed by atoms with Crippen molar-refractivity contribution in [3.63, 3.8) is 0 Å². The Morgan fingerprint density at radius 2 is 2.14 bits per heavy atom. The lowest BCUT2D eigenvalue weighted by Gasteiger charge is -2.08.